The lowest BCUT2D eigenvalue weighted by atomic mass is 9.91. The van der Waals surface area contributed by atoms with Crippen molar-refractivity contribution in [1.29, 1.82) is 0 Å². The lowest BCUT2D eigenvalue weighted by Gasteiger charge is -2.22. The van der Waals surface area contributed by atoms with E-state index in [1.165, 1.54) is 0 Å². The SMILES string of the molecule is CC1(N)CC#CCC1. The van der Waals surface area contributed by atoms with Gasteiger partial charge in [-0.15, -0.1) is 11.8 Å². The Labute approximate surface area is 50.3 Å². The topological polar surface area (TPSA) is 26.0 Å². The van der Waals surface area contributed by atoms with E-state index in [-0.39, 0.29) is 5.54 Å². The molecule has 1 heteroatoms. The van der Waals surface area contributed by atoms with Crippen LogP contribution in [0.25, 0.3) is 0 Å². The smallest absolute Gasteiger partial charge is 0.0267 e. The highest BCUT2D eigenvalue weighted by molar-refractivity contribution is 5.09. The van der Waals surface area contributed by atoms with Crippen LogP contribution in [0.1, 0.15) is 26.2 Å². The predicted molar refractivity (Wildman–Crippen MR) is 34.2 cm³/mol. The summed E-state index contributed by atoms with van der Waals surface area (Å²) in [5, 5.41) is 0. The Morgan fingerprint density at radius 1 is 1.50 bits per heavy atom. The molecule has 44 valence electrons. The van der Waals surface area contributed by atoms with Crippen molar-refractivity contribution in [2.75, 3.05) is 0 Å². The van der Waals surface area contributed by atoms with Gasteiger partial charge in [-0.05, 0) is 13.3 Å². The van der Waals surface area contributed by atoms with Crippen molar-refractivity contribution >= 4 is 0 Å². The Morgan fingerprint density at radius 2 is 2.25 bits per heavy atom. The van der Waals surface area contributed by atoms with Crippen LogP contribution in [-0.2, 0) is 0 Å². The molecule has 0 radical (unpaired) electrons. The highest BCUT2D eigenvalue weighted by atomic mass is 14.7. The molecule has 0 aromatic rings. The van der Waals surface area contributed by atoms with Crippen LogP contribution in [0.3, 0.4) is 0 Å². The summed E-state index contributed by atoms with van der Waals surface area (Å²) in [5.41, 5.74) is 5.78. The van der Waals surface area contributed by atoms with Gasteiger partial charge in [0, 0.05) is 18.4 Å². The minimum absolute atomic E-state index is 0.00521. The first-order valence-electron chi connectivity index (χ1n) is 2.95. The molecule has 0 bridgehead atoms. The first-order valence-corrected chi connectivity index (χ1v) is 2.95. The van der Waals surface area contributed by atoms with E-state index in [9.17, 15) is 0 Å². The molecule has 1 unspecified atom stereocenters. The number of hydrogen-bond donors (Lipinski definition) is 1. The Morgan fingerprint density at radius 3 is 2.50 bits per heavy atom. The number of hydrogen-bond acceptors (Lipinski definition) is 1. The minimum Gasteiger partial charge on any atom is -0.324 e. The van der Waals surface area contributed by atoms with E-state index in [2.05, 4.69) is 18.8 Å². The second kappa shape index (κ2) is 1.80. The molecule has 1 rings (SSSR count). The predicted octanol–water partition coefficient (Wildman–Crippen LogP) is 0.891. The van der Waals surface area contributed by atoms with Crippen molar-refractivity contribution in [3.63, 3.8) is 0 Å². The molecular weight excluding hydrogens is 98.1 g/mol. The maximum absolute atomic E-state index is 5.78. The summed E-state index contributed by atoms with van der Waals surface area (Å²) in [7, 11) is 0. The molecular formula is C7H11N. The molecule has 0 aromatic carbocycles. The largest absolute Gasteiger partial charge is 0.324 e. The maximum atomic E-state index is 5.78. The van der Waals surface area contributed by atoms with Crippen LogP contribution in [0.2, 0.25) is 0 Å². The molecule has 0 heterocycles. The van der Waals surface area contributed by atoms with Crippen molar-refractivity contribution in [3.05, 3.63) is 0 Å². The zero-order valence-electron chi connectivity index (χ0n) is 5.20. The molecule has 1 aliphatic carbocycles. The first kappa shape index (κ1) is 5.65. The van der Waals surface area contributed by atoms with Crippen molar-refractivity contribution in [3.8, 4) is 11.8 Å². The fourth-order valence-corrected chi connectivity index (χ4v) is 0.789. The molecule has 0 aliphatic heterocycles. The summed E-state index contributed by atoms with van der Waals surface area (Å²) in [4.78, 5) is 0. The first-order chi connectivity index (χ1) is 3.71. The van der Waals surface area contributed by atoms with Crippen LogP contribution >= 0.6 is 0 Å². The zero-order valence-corrected chi connectivity index (χ0v) is 5.20. The van der Waals surface area contributed by atoms with Crippen LogP contribution < -0.4 is 5.73 Å². The standard InChI is InChI=1S/C7H11N/c1-7(8)5-3-2-4-6-7/h3,5-6,8H2,1H3. The van der Waals surface area contributed by atoms with E-state index >= 15 is 0 Å². The molecule has 1 atom stereocenters. The van der Waals surface area contributed by atoms with Gasteiger partial charge in [0.2, 0.25) is 0 Å². The van der Waals surface area contributed by atoms with E-state index in [4.69, 9.17) is 5.73 Å². The quantitative estimate of drug-likeness (QED) is 0.459. The van der Waals surface area contributed by atoms with Crippen LogP contribution in [0.5, 0.6) is 0 Å². The lowest BCUT2D eigenvalue weighted by molar-refractivity contribution is 0.441. The Hall–Kier alpha value is -0.480. The third-order valence-corrected chi connectivity index (χ3v) is 1.44. The summed E-state index contributed by atoms with van der Waals surface area (Å²) in [6.45, 7) is 2.06. The summed E-state index contributed by atoms with van der Waals surface area (Å²) in [6.07, 6.45) is 2.90. The molecule has 1 nitrogen and oxygen atoms in total. The Kier molecular flexibility index (Phi) is 1.27. The summed E-state index contributed by atoms with van der Waals surface area (Å²) in [5.74, 6) is 6.01. The second-order valence-corrected chi connectivity index (χ2v) is 2.68. The Balaban J connectivity index is 2.56. The Bertz CT molecular complexity index is 136. The van der Waals surface area contributed by atoms with Gasteiger partial charge >= 0.3 is 0 Å². The van der Waals surface area contributed by atoms with Crippen molar-refractivity contribution < 1.29 is 0 Å². The third kappa shape index (κ3) is 1.24. The fraction of sp³-hybridized carbons (Fsp3) is 0.714. The van der Waals surface area contributed by atoms with E-state index in [1.54, 1.807) is 0 Å². The van der Waals surface area contributed by atoms with E-state index in [0.717, 1.165) is 19.3 Å². The maximum Gasteiger partial charge on any atom is 0.0267 e. The van der Waals surface area contributed by atoms with Crippen LogP contribution in [0.15, 0.2) is 0 Å². The molecule has 2 N–H and O–H groups in total. The van der Waals surface area contributed by atoms with Crippen molar-refractivity contribution in [2.45, 2.75) is 31.7 Å². The lowest BCUT2D eigenvalue weighted by Crippen LogP contribution is -2.36. The average Bonchev–Trinajstić information content (AvgIpc) is 1.65. The highest BCUT2D eigenvalue weighted by Crippen LogP contribution is 2.14. The molecule has 0 saturated carbocycles. The highest BCUT2D eigenvalue weighted by Gasteiger charge is 2.17. The average molecular weight is 109 g/mol. The number of rotatable bonds is 0. The van der Waals surface area contributed by atoms with Gasteiger partial charge in [-0.1, -0.05) is 0 Å². The van der Waals surface area contributed by atoms with Gasteiger partial charge in [0.15, 0.2) is 0 Å². The van der Waals surface area contributed by atoms with Gasteiger partial charge in [0.1, 0.15) is 0 Å². The monoisotopic (exact) mass is 109 g/mol. The van der Waals surface area contributed by atoms with Gasteiger partial charge in [0.25, 0.3) is 0 Å². The molecule has 0 spiro atoms. The van der Waals surface area contributed by atoms with Crippen molar-refractivity contribution in [1.82, 2.24) is 0 Å². The molecule has 0 saturated heterocycles. The van der Waals surface area contributed by atoms with E-state index in [0.29, 0.717) is 0 Å². The second-order valence-electron chi connectivity index (χ2n) is 2.68. The van der Waals surface area contributed by atoms with E-state index in [1.807, 2.05) is 0 Å². The van der Waals surface area contributed by atoms with Crippen LogP contribution in [0.4, 0.5) is 0 Å². The van der Waals surface area contributed by atoms with Gasteiger partial charge in [-0.25, -0.2) is 0 Å². The van der Waals surface area contributed by atoms with Gasteiger partial charge in [-0.3, -0.25) is 0 Å². The normalized spacial score (nSPS) is 35.8. The summed E-state index contributed by atoms with van der Waals surface area (Å²) in [6, 6.07) is 0. The number of nitrogens with two attached hydrogens (primary N) is 1. The summed E-state index contributed by atoms with van der Waals surface area (Å²) < 4.78 is 0. The molecule has 0 fully saturated rings. The third-order valence-electron chi connectivity index (χ3n) is 1.44. The molecule has 0 amide bonds. The van der Waals surface area contributed by atoms with Crippen molar-refractivity contribution in [2.24, 2.45) is 5.73 Å². The van der Waals surface area contributed by atoms with E-state index < -0.39 is 0 Å². The van der Waals surface area contributed by atoms with Gasteiger partial charge in [-0.2, -0.15) is 0 Å². The minimum atomic E-state index is 0.00521. The molecule has 1 aliphatic rings. The molecule has 8 heavy (non-hydrogen) atoms. The zero-order chi connectivity index (χ0) is 6.04. The van der Waals surface area contributed by atoms with Gasteiger partial charge in [0.05, 0.1) is 0 Å². The summed E-state index contributed by atoms with van der Waals surface area (Å²) >= 11 is 0. The molecule has 0 aromatic heterocycles. The van der Waals surface area contributed by atoms with Crippen LogP contribution in [0, 0.1) is 11.8 Å². The fourth-order valence-electron chi connectivity index (χ4n) is 0.789. The van der Waals surface area contributed by atoms with Crippen LogP contribution in [-0.4, -0.2) is 5.54 Å². The van der Waals surface area contributed by atoms with Gasteiger partial charge < -0.3 is 5.73 Å².